The molecule has 2 heterocycles. The van der Waals surface area contributed by atoms with Gasteiger partial charge in [0, 0.05) is 24.6 Å². The van der Waals surface area contributed by atoms with Gasteiger partial charge in [0.1, 0.15) is 23.1 Å². The minimum absolute atomic E-state index is 0.0451. The summed E-state index contributed by atoms with van der Waals surface area (Å²) in [5, 5.41) is 0.529. The van der Waals surface area contributed by atoms with Gasteiger partial charge in [-0.15, -0.1) is 0 Å². The summed E-state index contributed by atoms with van der Waals surface area (Å²) in [6.07, 6.45) is 5.47. The van der Waals surface area contributed by atoms with Gasteiger partial charge in [-0.25, -0.2) is 4.98 Å². The number of hydrogen-bond acceptors (Lipinski definition) is 6. The zero-order valence-corrected chi connectivity index (χ0v) is 19.7. The summed E-state index contributed by atoms with van der Waals surface area (Å²) in [5.74, 6) is -0.505. The van der Waals surface area contributed by atoms with E-state index in [0.29, 0.717) is 35.1 Å². The summed E-state index contributed by atoms with van der Waals surface area (Å²) in [6, 6.07) is 7.00. The molecule has 1 aromatic heterocycles. The molecule has 0 spiro atoms. The Morgan fingerprint density at radius 2 is 1.97 bits per heavy atom. The van der Waals surface area contributed by atoms with E-state index in [4.69, 9.17) is 21.1 Å². The summed E-state index contributed by atoms with van der Waals surface area (Å²) < 4.78 is 11.4. The molecule has 2 fully saturated rings. The van der Waals surface area contributed by atoms with Crippen LogP contribution in [0.25, 0.3) is 0 Å². The van der Waals surface area contributed by atoms with E-state index < -0.39 is 17.5 Å². The van der Waals surface area contributed by atoms with E-state index in [9.17, 15) is 14.4 Å². The molecule has 0 radical (unpaired) electrons. The van der Waals surface area contributed by atoms with Gasteiger partial charge in [0.15, 0.2) is 5.78 Å². The number of ketones is 1. The molecule has 1 saturated heterocycles. The number of halogens is 1. The number of benzene rings is 1. The average Bonchev–Trinajstić information content (AvgIpc) is 3.30. The monoisotopic (exact) mass is 472 g/mol. The van der Waals surface area contributed by atoms with Crippen LogP contribution in [-0.2, 0) is 27.2 Å². The third kappa shape index (κ3) is 5.13. The number of carbonyl (C=O) groups excluding carboxylic acids is 2. The molecule has 2 atom stereocenters. The molecule has 8 heteroatoms. The molecule has 2 aromatic rings. The highest BCUT2D eigenvalue weighted by Gasteiger charge is 2.51. The van der Waals surface area contributed by atoms with E-state index >= 15 is 0 Å². The lowest BCUT2D eigenvalue weighted by Crippen LogP contribution is -2.52. The normalized spacial score (nSPS) is 23.5. The summed E-state index contributed by atoms with van der Waals surface area (Å²) >= 11 is 6.28. The molecule has 1 aliphatic carbocycles. The predicted molar refractivity (Wildman–Crippen MR) is 124 cm³/mol. The lowest BCUT2D eigenvalue weighted by molar-refractivity contribution is -0.185. The van der Waals surface area contributed by atoms with E-state index in [2.05, 4.69) is 9.97 Å². The largest absolute Gasteiger partial charge is 0.495 e. The summed E-state index contributed by atoms with van der Waals surface area (Å²) in [6.45, 7) is 1.70. The first-order valence-corrected chi connectivity index (χ1v) is 11.8. The third-order valence-corrected chi connectivity index (χ3v) is 7.21. The number of H-pyrrole nitrogens is 1. The van der Waals surface area contributed by atoms with Crippen LogP contribution in [0.3, 0.4) is 0 Å². The number of aromatic nitrogens is 2. The highest BCUT2D eigenvalue weighted by Crippen LogP contribution is 2.45. The maximum Gasteiger partial charge on any atom is 0.317 e. The van der Waals surface area contributed by atoms with Crippen LogP contribution >= 0.6 is 11.6 Å². The molecule has 1 N–H and O–H groups in total. The zero-order chi connectivity index (χ0) is 23.6. The van der Waals surface area contributed by atoms with Gasteiger partial charge in [-0.05, 0) is 56.2 Å². The second-order valence-corrected chi connectivity index (χ2v) is 9.58. The van der Waals surface area contributed by atoms with E-state index in [1.807, 2.05) is 18.2 Å². The second kappa shape index (κ2) is 9.67. The number of rotatable bonds is 7. The molecule has 176 valence electrons. The van der Waals surface area contributed by atoms with Crippen molar-refractivity contribution in [2.45, 2.75) is 63.9 Å². The minimum Gasteiger partial charge on any atom is -0.495 e. The standard InChI is InChI=1S/C25H29ClN2O5/c1-15-11-23(30)28-22(27-15)13-18-20(29)14-25(33-24(18)31,17-5-3-4-6-17)10-9-16-7-8-21(32-2)19(26)12-16/h7-8,11-12,17-18H,3-6,9-10,13-14H2,1-2H3,(H,27,28,30). The molecule has 1 saturated carbocycles. The quantitative estimate of drug-likeness (QED) is 0.483. The van der Waals surface area contributed by atoms with Crippen LogP contribution in [0.2, 0.25) is 5.02 Å². The summed E-state index contributed by atoms with van der Waals surface area (Å²) in [5.41, 5.74) is 0.447. The van der Waals surface area contributed by atoms with Crippen molar-refractivity contribution in [2.24, 2.45) is 11.8 Å². The minimum atomic E-state index is -0.945. The van der Waals surface area contributed by atoms with Crippen molar-refractivity contribution < 1.29 is 19.1 Å². The molecule has 0 bridgehead atoms. The number of cyclic esters (lactones) is 1. The Morgan fingerprint density at radius 3 is 2.61 bits per heavy atom. The van der Waals surface area contributed by atoms with E-state index in [1.54, 1.807) is 14.0 Å². The SMILES string of the molecule is COc1ccc(CCC2(C3CCCC3)CC(=O)C(Cc3nc(C)cc(=O)[nH]3)C(=O)O2)cc1Cl. The molecule has 1 aliphatic heterocycles. The van der Waals surface area contributed by atoms with Gasteiger partial charge in [0.2, 0.25) is 0 Å². The van der Waals surface area contributed by atoms with Crippen molar-refractivity contribution in [3.63, 3.8) is 0 Å². The number of ether oxygens (including phenoxy) is 2. The van der Waals surface area contributed by atoms with Gasteiger partial charge in [0.05, 0.1) is 12.1 Å². The Bertz CT molecular complexity index is 1090. The van der Waals surface area contributed by atoms with Crippen LogP contribution in [0.15, 0.2) is 29.1 Å². The van der Waals surface area contributed by atoms with Gasteiger partial charge in [-0.2, -0.15) is 0 Å². The number of aryl methyl sites for hydroxylation is 2. The molecular weight excluding hydrogens is 444 g/mol. The third-order valence-electron chi connectivity index (χ3n) is 6.92. The van der Waals surface area contributed by atoms with Crippen LogP contribution in [-0.4, -0.2) is 34.4 Å². The molecule has 2 aliphatic rings. The van der Waals surface area contributed by atoms with Gasteiger partial charge >= 0.3 is 5.97 Å². The predicted octanol–water partition coefficient (Wildman–Crippen LogP) is 3.98. The van der Waals surface area contributed by atoms with Gasteiger partial charge in [-0.1, -0.05) is 30.5 Å². The fraction of sp³-hybridized carbons (Fsp3) is 0.520. The van der Waals surface area contributed by atoms with Crippen molar-refractivity contribution in [1.82, 2.24) is 9.97 Å². The van der Waals surface area contributed by atoms with Crippen molar-refractivity contribution in [1.29, 1.82) is 0 Å². The van der Waals surface area contributed by atoms with Gasteiger partial charge in [0.25, 0.3) is 5.56 Å². The first kappa shape index (κ1) is 23.5. The summed E-state index contributed by atoms with van der Waals surface area (Å²) in [7, 11) is 1.57. The first-order chi connectivity index (χ1) is 15.8. The number of esters is 1. The van der Waals surface area contributed by atoms with Crippen LogP contribution in [0.5, 0.6) is 5.75 Å². The highest BCUT2D eigenvalue weighted by atomic mass is 35.5. The van der Waals surface area contributed by atoms with Crippen LogP contribution in [0, 0.1) is 18.8 Å². The Labute approximate surface area is 197 Å². The smallest absolute Gasteiger partial charge is 0.317 e. The van der Waals surface area contributed by atoms with E-state index in [-0.39, 0.29) is 30.1 Å². The van der Waals surface area contributed by atoms with E-state index in [0.717, 1.165) is 31.2 Å². The number of Topliss-reactive ketones (excluding diaryl/α,β-unsaturated/α-hetero) is 1. The fourth-order valence-corrected chi connectivity index (χ4v) is 5.51. The molecular formula is C25H29ClN2O5. The number of hydrogen-bond donors (Lipinski definition) is 1. The van der Waals surface area contributed by atoms with Gasteiger partial charge < -0.3 is 14.5 Å². The topological polar surface area (TPSA) is 98.4 Å². The Hall–Kier alpha value is -2.67. The molecule has 4 rings (SSSR count). The molecule has 0 amide bonds. The van der Waals surface area contributed by atoms with Crippen molar-refractivity contribution in [3.05, 3.63) is 56.7 Å². The average molecular weight is 473 g/mol. The lowest BCUT2D eigenvalue weighted by atomic mass is 9.73. The maximum absolute atomic E-state index is 13.2. The number of methoxy groups -OCH3 is 1. The molecule has 1 aromatic carbocycles. The summed E-state index contributed by atoms with van der Waals surface area (Å²) in [4.78, 5) is 45.0. The fourth-order valence-electron chi connectivity index (χ4n) is 5.23. The number of nitrogens with zero attached hydrogens (tertiary/aromatic N) is 1. The van der Waals surface area contributed by atoms with Crippen LogP contribution in [0.1, 0.15) is 55.6 Å². The number of nitrogens with one attached hydrogen (secondary N) is 1. The lowest BCUT2D eigenvalue weighted by Gasteiger charge is -2.43. The molecule has 33 heavy (non-hydrogen) atoms. The Balaban J connectivity index is 1.53. The molecule has 7 nitrogen and oxygen atoms in total. The second-order valence-electron chi connectivity index (χ2n) is 9.17. The number of carbonyl (C=O) groups is 2. The van der Waals surface area contributed by atoms with Crippen LogP contribution < -0.4 is 10.3 Å². The van der Waals surface area contributed by atoms with Crippen molar-refractivity contribution in [3.8, 4) is 5.75 Å². The van der Waals surface area contributed by atoms with E-state index in [1.165, 1.54) is 6.07 Å². The first-order valence-electron chi connectivity index (χ1n) is 11.4. The number of aromatic amines is 1. The Morgan fingerprint density at radius 1 is 1.21 bits per heavy atom. The van der Waals surface area contributed by atoms with Crippen molar-refractivity contribution in [2.75, 3.05) is 7.11 Å². The van der Waals surface area contributed by atoms with Gasteiger partial charge in [-0.3, -0.25) is 14.4 Å². The molecule has 2 unspecified atom stereocenters. The maximum atomic E-state index is 13.2. The zero-order valence-electron chi connectivity index (χ0n) is 19.0. The Kier molecular flexibility index (Phi) is 6.88. The van der Waals surface area contributed by atoms with Crippen molar-refractivity contribution >= 4 is 23.4 Å². The van der Waals surface area contributed by atoms with Crippen LogP contribution in [0.4, 0.5) is 0 Å². The highest BCUT2D eigenvalue weighted by molar-refractivity contribution is 6.32.